The molecule has 3 amide bonds. The predicted molar refractivity (Wildman–Crippen MR) is 129 cm³/mol. The molecule has 35 heavy (non-hydrogen) atoms. The number of nitrogens with one attached hydrogen (secondary N) is 1. The van der Waals surface area contributed by atoms with Gasteiger partial charge in [0.25, 0.3) is 5.91 Å². The summed E-state index contributed by atoms with van der Waals surface area (Å²) in [5, 5.41) is 3.19. The molecule has 2 aromatic rings. The van der Waals surface area contributed by atoms with Crippen molar-refractivity contribution in [1.82, 2.24) is 4.90 Å². The first kappa shape index (κ1) is 23.5. The molecule has 7 nitrogen and oxygen atoms in total. The van der Waals surface area contributed by atoms with Gasteiger partial charge < -0.3 is 10.1 Å². The van der Waals surface area contributed by atoms with Crippen LogP contribution in [0.1, 0.15) is 30.4 Å². The first-order valence-corrected chi connectivity index (χ1v) is 12.4. The maximum Gasteiger partial charge on any atom is 0.330 e. The Hall–Kier alpha value is -3.19. The Morgan fingerprint density at radius 2 is 1.69 bits per heavy atom. The van der Waals surface area contributed by atoms with E-state index in [1.165, 1.54) is 0 Å². The molecule has 0 unspecified atom stereocenters. The van der Waals surface area contributed by atoms with Gasteiger partial charge in [0.1, 0.15) is 6.04 Å². The van der Waals surface area contributed by atoms with Crippen molar-refractivity contribution < 1.29 is 23.9 Å². The largest absolute Gasteiger partial charge is 0.454 e. The zero-order valence-corrected chi connectivity index (χ0v) is 20.2. The van der Waals surface area contributed by atoms with Crippen molar-refractivity contribution in [2.45, 2.75) is 38.6 Å². The first-order valence-electron chi connectivity index (χ1n) is 12.0. The van der Waals surface area contributed by atoms with Crippen LogP contribution in [-0.2, 0) is 30.3 Å². The lowest BCUT2D eigenvalue weighted by Crippen LogP contribution is -2.48. The molecule has 1 saturated heterocycles. The van der Waals surface area contributed by atoms with E-state index in [0.29, 0.717) is 16.3 Å². The van der Waals surface area contributed by atoms with E-state index >= 15 is 0 Å². The zero-order chi connectivity index (χ0) is 24.7. The topological polar surface area (TPSA) is 92.8 Å². The molecule has 1 aliphatic heterocycles. The normalized spacial score (nSPS) is 25.5. The number of halogens is 1. The number of benzene rings is 2. The number of fused-ring (bicyclic) bond motifs is 5. The average Bonchev–Trinajstić information content (AvgIpc) is 3.53. The SMILES string of the molecule is Cc1c(Cl)cccc1NC(=O)COC(=O)[C@H](Cc1ccccc1)N1C(=O)[C@H]2[C@H]3CC[C@@H](C3)[C@@H]2C1=O. The zero-order valence-electron chi connectivity index (χ0n) is 19.4. The second-order valence-electron chi connectivity index (χ2n) is 9.71. The summed E-state index contributed by atoms with van der Waals surface area (Å²) in [4.78, 5) is 53.6. The predicted octanol–water partition coefficient (Wildman–Crippen LogP) is 3.77. The highest BCUT2D eigenvalue weighted by Gasteiger charge is 2.62. The number of anilines is 1. The Balaban J connectivity index is 1.32. The molecule has 3 aliphatic rings. The Bertz CT molecular complexity index is 1160. The van der Waals surface area contributed by atoms with Gasteiger partial charge in [0.05, 0.1) is 11.8 Å². The van der Waals surface area contributed by atoms with Crippen LogP contribution in [0.25, 0.3) is 0 Å². The van der Waals surface area contributed by atoms with Gasteiger partial charge >= 0.3 is 5.97 Å². The number of likely N-dealkylation sites (tertiary alicyclic amines) is 1. The van der Waals surface area contributed by atoms with Gasteiger partial charge in [0, 0.05) is 17.1 Å². The maximum atomic E-state index is 13.4. The number of nitrogens with zero attached hydrogens (tertiary/aromatic N) is 1. The van der Waals surface area contributed by atoms with E-state index in [0.717, 1.165) is 29.7 Å². The summed E-state index contributed by atoms with van der Waals surface area (Å²) in [5.74, 6) is -2.08. The Labute approximate surface area is 208 Å². The summed E-state index contributed by atoms with van der Waals surface area (Å²) in [6, 6.07) is 13.2. The minimum absolute atomic E-state index is 0.140. The lowest BCUT2D eigenvalue weighted by molar-refractivity contribution is -0.160. The van der Waals surface area contributed by atoms with Crippen LogP contribution in [0.4, 0.5) is 5.69 Å². The number of carbonyl (C=O) groups is 4. The summed E-state index contributed by atoms with van der Waals surface area (Å²) in [6.07, 6.45) is 2.96. The fraction of sp³-hybridized carbons (Fsp3) is 0.407. The summed E-state index contributed by atoms with van der Waals surface area (Å²) in [5.41, 5.74) is 2.02. The molecule has 2 saturated carbocycles. The average molecular weight is 495 g/mol. The number of hydrogen-bond acceptors (Lipinski definition) is 5. The van der Waals surface area contributed by atoms with Crippen LogP contribution in [0.2, 0.25) is 5.02 Å². The number of hydrogen-bond donors (Lipinski definition) is 1. The van der Waals surface area contributed by atoms with Gasteiger partial charge in [-0.15, -0.1) is 0 Å². The van der Waals surface area contributed by atoms with Gasteiger partial charge in [0.15, 0.2) is 6.61 Å². The van der Waals surface area contributed by atoms with E-state index in [4.69, 9.17) is 16.3 Å². The van der Waals surface area contributed by atoms with Crippen LogP contribution < -0.4 is 5.32 Å². The quantitative estimate of drug-likeness (QED) is 0.467. The lowest BCUT2D eigenvalue weighted by atomic mass is 9.81. The fourth-order valence-corrected chi connectivity index (χ4v) is 6.19. The highest BCUT2D eigenvalue weighted by atomic mass is 35.5. The molecule has 1 heterocycles. The second-order valence-corrected chi connectivity index (χ2v) is 10.1. The van der Waals surface area contributed by atoms with Gasteiger partial charge in [-0.2, -0.15) is 0 Å². The van der Waals surface area contributed by atoms with E-state index in [2.05, 4.69) is 5.32 Å². The molecule has 5 rings (SSSR count). The summed E-state index contributed by atoms with van der Waals surface area (Å²) in [7, 11) is 0. The number of rotatable bonds is 7. The maximum absolute atomic E-state index is 13.4. The van der Waals surface area contributed by atoms with Crippen molar-refractivity contribution in [2.24, 2.45) is 23.7 Å². The van der Waals surface area contributed by atoms with Crippen molar-refractivity contribution in [3.8, 4) is 0 Å². The number of amides is 3. The van der Waals surface area contributed by atoms with Crippen molar-refractivity contribution in [2.75, 3.05) is 11.9 Å². The molecule has 2 bridgehead atoms. The molecular weight excluding hydrogens is 468 g/mol. The van der Waals surface area contributed by atoms with Crippen LogP contribution in [-0.4, -0.2) is 41.2 Å². The van der Waals surface area contributed by atoms with Gasteiger partial charge in [-0.25, -0.2) is 4.79 Å². The van der Waals surface area contributed by atoms with Crippen LogP contribution in [0.15, 0.2) is 48.5 Å². The van der Waals surface area contributed by atoms with Gasteiger partial charge in [0.2, 0.25) is 11.8 Å². The molecule has 2 aliphatic carbocycles. The van der Waals surface area contributed by atoms with Crippen molar-refractivity contribution >= 4 is 41.0 Å². The van der Waals surface area contributed by atoms with E-state index in [9.17, 15) is 19.2 Å². The smallest absolute Gasteiger partial charge is 0.330 e. The van der Waals surface area contributed by atoms with Gasteiger partial charge in [-0.3, -0.25) is 19.3 Å². The van der Waals surface area contributed by atoms with Gasteiger partial charge in [-0.05, 0) is 61.3 Å². The van der Waals surface area contributed by atoms with Crippen molar-refractivity contribution in [3.05, 3.63) is 64.7 Å². The Morgan fingerprint density at radius 3 is 2.34 bits per heavy atom. The van der Waals surface area contributed by atoms with Gasteiger partial charge in [-0.1, -0.05) is 48.0 Å². The summed E-state index contributed by atoms with van der Waals surface area (Å²) >= 11 is 6.10. The monoisotopic (exact) mass is 494 g/mol. The molecule has 0 spiro atoms. The van der Waals surface area contributed by atoms with Crippen molar-refractivity contribution in [1.29, 1.82) is 0 Å². The van der Waals surface area contributed by atoms with E-state index < -0.39 is 24.5 Å². The molecular formula is C27H27ClN2O5. The third-order valence-corrected chi connectivity index (χ3v) is 8.11. The molecule has 182 valence electrons. The highest BCUT2D eigenvalue weighted by molar-refractivity contribution is 6.31. The number of esters is 1. The lowest BCUT2D eigenvalue weighted by Gasteiger charge is -2.26. The molecule has 0 aromatic heterocycles. The van der Waals surface area contributed by atoms with Crippen molar-refractivity contribution in [3.63, 3.8) is 0 Å². The van der Waals surface area contributed by atoms with Crippen LogP contribution in [0.3, 0.4) is 0 Å². The Kier molecular flexibility index (Phi) is 6.36. The molecule has 8 heteroatoms. The molecule has 2 aromatic carbocycles. The molecule has 1 N–H and O–H groups in total. The summed E-state index contributed by atoms with van der Waals surface area (Å²) < 4.78 is 5.35. The summed E-state index contributed by atoms with van der Waals surface area (Å²) in [6.45, 7) is 1.23. The first-order chi connectivity index (χ1) is 16.8. The molecule has 3 fully saturated rings. The van der Waals surface area contributed by atoms with Crippen LogP contribution in [0, 0.1) is 30.6 Å². The third kappa shape index (κ3) is 4.33. The number of carbonyl (C=O) groups excluding carboxylic acids is 4. The van der Waals surface area contributed by atoms with Crippen LogP contribution in [0.5, 0.6) is 0 Å². The highest BCUT2D eigenvalue weighted by Crippen LogP contribution is 2.56. The van der Waals surface area contributed by atoms with E-state index in [1.807, 2.05) is 30.3 Å². The van der Waals surface area contributed by atoms with E-state index in [-0.39, 0.29) is 41.9 Å². The number of imide groups is 1. The third-order valence-electron chi connectivity index (χ3n) is 7.70. The fourth-order valence-electron chi connectivity index (χ4n) is 6.02. The molecule has 0 radical (unpaired) electrons. The van der Waals surface area contributed by atoms with Crippen LogP contribution >= 0.6 is 11.6 Å². The minimum Gasteiger partial charge on any atom is -0.454 e. The number of ether oxygens (including phenoxy) is 1. The second kappa shape index (κ2) is 9.46. The van der Waals surface area contributed by atoms with E-state index in [1.54, 1.807) is 25.1 Å². The Morgan fingerprint density at radius 1 is 1.03 bits per heavy atom. The minimum atomic E-state index is -1.11. The standard InChI is InChI=1S/C27H27ClN2O5/c1-15-19(28)8-5-9-20(15)29-22(31)14-35-27(34)21(12-16-6-3-2-4-7-16)30-25(32)23-17-10-11-18(13-17)24(23)26(30)33/h2-9,17-18,21,23-24H,10-14H2,1H3,(H,29,31)/t17-,18-,21-,23-,24-/m0/s1. The molecule has 5 atom stereocenters.